The smallest absolute Gasteiger partial charge is 0.0949 e. The van der Waals surface area contributed by atoms with E-state index in [2.05, 4.69) is 78.3 Å². The van der Waals surface area contributed by atoms with Crippen molar-refractivity contribution in [3.8, 4) is 11.3 Å². The van der Waals surface area contributed by atoms with Crippen LogP contribution in [0.25, 0.3) is 43.8 Å². The van der Waals surface area contributed by atoms with Crippen LogP contribution in [0, 0.1) is 0 Å². The highest BCUT2D eigenvalue weighted by Gasteiger charge is 2.16. The van der Waals surface area contributed by atoms with E-state index in [1.807, 2.05) is 6.07 Å². The normalized spacial score (nSPS) is 11.6. The number of rotatable bonds is 2. The summed E-state index contributed by atoms with van der Waals surface area (Å²) in [6.45, 7) is -0.0697. The maximum Gasteiger partial charge on any atom is 0.0949 e. The van der Waals surface area contributed by atoms with Gasteiger partial charge in [-0.2, -0.15) is 0 Å². The van der Waals surface area contributed by atoms with Crippen molar-refractivity contribution in [2.75, 3.05) is 0 Å². The van der Waals surface area contributed by atoms with E-state index in [9.17, 15) is 5.11 Å². The molecule has 0 radical (unpaired) electrons. The molecular formula is C23H18N2O. The van der Waals surface area contributed by atoms with Crippen LogP contribution in [0.3, 0.4) is 0 Å². The highest BCUT2D eigenvalue weighted by Crippen LogP contribution is 2.35. The van der Waals surface area contributed by atoms with Gasteiger partial charge in [-0.05, 0) is 29.0 Å². The lowest BCUT2D eigenvalue weighted by molar-refractivity contribution is 0.277. The lowest BCUT2D eigenvalue weighted by atomic mass is 10.0. The molecular weight excluding hydrogens is 320 g/mol. The Bertz CT molecular complexity index is 1280. The third kappa shape index (κ3) is 2.14. The summed E-state index contributed by atoms with van der Waals surface area (Å²) in [6, 6.07) is 25.1. The number of benzene rings is 3. The maximum atomic E-state index is 9.75. The summed E-state index contributed by atoms with van der Waals surface area (Å²) in [5.74, 6) is 0. The van der Waals surface area contributed by atoms with Gasteiger partial charge in [0.05, 0.1) is 23.5 Å². The van der Waals surface area contributed by atoms with Crippen LogP contribution in [0.5, 0.6) is 0 Å². The number of hydrogen-bond donors (Lipinski definition) is 1. The molecule has 0 bridgehead atoms. The Labute approximate surface area is 151 Å². The molecule has 0 unspecified atom stereocenters. The second kappa shape index (κ2) is 5.68. The number of pyridine rings is 1. The average molecular weight is 338 g/mol. The van der Waals surface area contributed by atoms with E-state index >= 15 is 0 Å². The fraction of sp³-hybridized carbons (Fsp3) is 0.0870. The predicted octanol–water partition coefficient (Wildman–Crippen LogP) is 5.04. The van der Waals surface area contributed by atoms with Crippen LogP contribution in [-0.4, -0.2) is 14.7 Å². The van der Waals surface area contributed by atoms with Gasteiger partial charge in [0.25, 0.3) is 0 Å². The van der Waals surface area contributed by atoms with Crippen molar-refractivity contribution in [3.63, 3.8) is 0 Å². The second-order valence-electron chi connectivity index (χ2n) is 6.65. The Morgan fingerprint density at radius 2 is 1.62 bits per heavy atom. The van der Waals surface area contributed by atoms with Gasteiger partial charge in [-0.3, -0.25) is 0 Å². The maximum absolute atomic E-state index is 9.75. The third-order valence-electron chi connectivity index (χ3n) is 5.12. The Morgan fingerprint density at radius 3 is 2.46 bits per heavy atom. The predicted molar refractivity (Wildman–Crippen MR) is 107 cm³/mol. The van der Waals surface area contributed by atoms with Crippen molar-refractivity contribution in [3.05, 3.63) is 78.5 Å². The molecule has 0 aliphatic heterocycles. The van der Waals surface area contributed by atoms with E-state index in [1.165, 1.54) is 21.7 Å². The van der Waals surface area contributed by atoms with Crippen molar-refractivity contribution in [1.29, 1.82) is 0 Å². The molecule has 0 fully saturated rings. The first kappa shape index (κ1) is 15.1. The molecule has 1 N–H and O–H groups in total. The summed E-state index contributed by atoms with van der Waals surface area (Å²) in [6.07, 6.45) is 0. The Balaban J connectivity index is 1.91. The van der Waals surface area contributed by atoms with Crippen LogP contribution in [0.1, 0.15) is 5.69 Å². The molecule has 5 aromatic rings. The van der Waals surface area contributed by atoms with Crippen LogP contribution >= 0.6 is 0 Å². The Kier molecular flexibility index (Phi) is 3.30. The summed E-state index contributed by atoms with van der Waals surface area (Å²) >= 11 is 0. The van der Waals surface area contributed by atoms with Gasteiger partial charge in [0.2, 0.25) is 0 Å². The van der Waals surface area contributed by atoms with Gasteiger partial charge in [-0.15, -0.1) is 0 Å². The number of fused-ring (bicyclic) bond motifs is 4. The standard InChI is InChI=1S/C23H18N2O/c1-25-21-9-5-4-8-19(21)20-13-18(14-26)24-22(23(20)25)17-11-10-15-6-2-3-7-16(15)12-17/h2-13,26H,14H2,1H3. The molecule has 0 saturated heterocycles. The number of hydrogen-bond acceptors (Lipinski definition) is 2. The zero-order chi connectivity index (χ0) is 17.7. The molecule has 0 aliphatic carbocycles. The molecule has 0 spiro atoms. The molecule has 126 valence electrons. The number of aliphatic hydroxyl groups is 1. The fourth-order valence-electron chi connectivity index (χ4n) is 3.87. The lowest BCUT2D eigenvalue weighted by Crippen LogP contribution is -1.97. The minimum Gasteiger partial charge on any atom is -0.390 e. The average Bonchev–Trinajstić information content (AvgIpc) is 2.99. The first-order valence-electron chi connectivity index (χ1n) is 8.73. The summed E-state index contributed by atoms with van der Waals surface area (Å²) in [4.78, 5) is 4.78. The largest absolute Gasteiger partial charge is 0.390 e. The van der Waals surface area contributed by atoms with E-state index in [0.29, 0.717) is 5.69 Å². The van der Waals surface area contributed by atoms with Gasteiger partial charge in [-0.1, -0.05) is 54.6 Å². The van der Waals surface area contributed by atoms with Crippen molar-refractivity contribution < 1.29 is 5.11 Å². The number of aliphatic hydroxyl groups excluding tert-OH is 1. The van der Waals surface area contributed by atoms with Crippen LogP contribution in [0.2, 0.25) is 0 Å². The fourth-order valence-corrected chi connectivity index (χ4v) is 3.87. The zero-order valence-corrected chi connectivity index (χ0v) is 14.5. The highest BCUT2D eigenvalue weighted by molar-refractivity contribution is 6.12. The Morgan fingerprint density at radius 1 is 0.846 bits per heavy atom. The number of nitrogens with zero attached hydrogens (tertiary/aromatic N) is 2. The summed E-state index contributed by atoms with van der Waals surface area (Å²) in [7, 11) is 2.08. The second-order valence-corrected chi connectivity index (χ2v) is 6.65. The van der Waals surface area contributed by atoms with Gasteiger partial charge >= 0.3 is 0 Å². The van der Waals surface area contributed by atoms with Crippen LogP contribution in [-0.2, 0) is 13.7 Å². The quantitative estimate of drug-likeness (QED) is 0.490. The minimum atomic E-state index is -0.0697. The number of aromatic nitrogens is 2. The summed E-state index contributed by atoms with van der Waals surface area (Å²) in [5.41, 5.74) is 4.93. The van der Waals surface area contributed by atoms with Crippen molar-refractivity contribution in [2.45, 2.75) is 6.61 Å². The molecule has 5 rings (SSSR count). The van der Waals surface area contributed by atoms with Gasteiger partial charge < -0.3 is 9.67 Å². The van der Waals surface area contributed by atoms with E-state index in [-0.39, 0.29) is 6.61 Å². The molecule has 0 amide bonds. The monoisotopic (exact) mass is 338 g/mol. The SMILES string of the molecule is Cn1c2ccccc2c2cc(CO)nc(-c3ccc4ccccc4c3)c21. The zero-order valence-electron chi connectivity index (χ0n) is 14.5. The Hall–Kier alpha value is -3.17. The first-order valence-corrected chi connectivity index (χ1v) is 8.73. The molecule has 0 atom stereocenters. The van der Waals surface area contributed by atoms with Crippen LogP contribution < -0.4 is 0 Å². The van der Waals surface area contributed by atoms with Gasteiger partial charge in [0, 0.05) is 28.9 Å². The molecule has 0 saturated carbocycles. The molecule has 3 nitrogen and oxygen atoms in total. The van der Waals surface area contributed by atoms with Crippen LogP contribution in [0.4, 0.5) is 0 Å². The van der Waals surface area contributed by atoms with Crippen LogP contribution in [0.15, 0.2) is 72.8 Å². The molecule has 3 heteroatoms. The minimum absolute atomic E-state index is 0.0697. The van der Waals surface area contributed by atoms with Gasteiger partial charge in [0.15, 0.2) is 0 Å². The molecule has 26 heavy (non-hydrogen) atoms. The number of aryl methyl sites for hydroxylation is 1. The van der Waals surface area contributed by atoms with E-state index < -0.39 is 0 Å². The molecule has 3 aromatic carbocycles. The van der Waals surface area contributed by atoms with Crippen molar-refractivity contribution in [1.82, 2.24) is 9.55 Å². The van der Waals surface area contributed by atoms with Gasteiger partial charge in [-0.25, -0.2) is 4.98 Å². The van der Waals surface area contributed by atoms with Gasteiger partial charge in [0.1, 0.15) is 0 Å². The van der Waals surface area contributed by atoms with Crippen molar-refractivity contribution in [2.24, 2.45) is 7.05 Å². The lowest BCUT2D eigenvalue weighted by Gasteiger charge is -2.09. The van der Waals surface area contributed by atoms with E-state index in [0.717, 1.165) is 22.2 Å². The molecule has 0 aliphatic rings. The topological polar surface area (TPSA) is 38.0 Å². The van der Waals surface area contributed by atoms with E-state index in [1.54, 1.807) is 0 Å². The third-order valence-corrected chi connectivity index (χ3v) is 5.12. The molecule has 2 heterocycles. The number of para-hydroxylation sites is 1. The molecule has 2 aromatic heterocycles. The summed E-state index contributed by atoms with van der Waals surface area (Å²) in [5, 5.41) is 14.5. The van der Waals surface area contributed by atoms with Crippen molar-refractivity contribution >= 4 is 32.6 Å². The first-order chi connectivity index (χ1) is 12.8. The summed E-state index contributed by atoms with van der Waals surface area (Å²) < 4.78 is 2.20. The highest BCUT2D eigenvalue weighted by atomic mass is 16.3. The van der Waals surface area contributed by atoms with E-state index in [4.69, 9.17) is 4.98 Å².